The van der Waals surface area contributed by atoms with Gasteiger partial charge in [-0.05, 0) is 44.5 Å². The first kappa shape index (κ1) is 13.9. The minimum absolute atomic E-state index is 0.336. The van der Waals surface area contributed by atoms with Crippen LogP contribution in [0.2, 0.25) is 0 Å². The van der Waals surface area contributed by atoms with Crippen molar-refractivity contribution in [2.24, 2.45) is 5.92 Å². The van der Waals surface area contributed by atoms with Gasteiger partial charge in [-0.2, -0.15) is 0 Å². The second-order valence-electron chi connectivity index (χ2n) is 5.59. The lowest BCUT2D eigenvalue weighted by Crippen LogP contribution is -2.39. The number of anilines is 1. The molecule has 1 aromatic rings. The first-order valence-corrected chi connectivity index (χ1v) is 8.60. The van der Waals surface area contributed by atoms with E-state index in [0.717, 1.165) is 19.5 Å². The number of rotatable bonds is 4. The van der Waals surface area contributed by atoms with Crippen molar-refractivity contribution >= 4 is 15.7 Å². The van der Waals surface area contributed by atoms with E-state index in [1.807, 2.05) is 12.1 Å². The molecule has 1 aromatic carbocycles. The summed E-state index contributed by atoms with van der Waals surface area (Å²) in [5.74, 6) is 0.633. The zero-order valence-corrected chi connectivity index (χ0v) is 12.5. The Kier molecular flexibility index (Phi) is 3.70. The number of hydrogen-bond acceptors (Lipinski definition) is 4. The minimum Gasteiger partial charge on any atom is -0.381 e. The average molecular weight is 295 g/mol. The molecule has 110 valence electrons. The Labute approximate surface area is 120 Å². The van der Waals surface area contributed by atoms with Gasteiger partial charge in [0, 0.05) is 19.1 Å². The van der Waals surface area contributed by atoms with Crippen molar-refractivity contribution in [3.05, 3.63) is 24.3 Å². The van der Waals surface area contributed by atoms with Gasteiger partial charge in [0.25, 0.3) is 0 Å². The molecule has 3 unspecified atom stereocenters. The summed E-state index contributed by atoms with van der Waals surface area (Å²) in [6, 6.07) is 7.51. The van der Waals surface area contributed by atoms with E-state index >= 15 is 0 Å². The average Bonchev–Trinajstić information content (AvgIpc) is 2.85. The lowest BCUT2D eigenvalue weighted by Gasteiger charge is -2.32. The van der Waals surface area contributed by atoms with Crippen LogP contribution in [0.15, 0.2) is 29.2 Å². The van der Waals surface area contributed by atoms with Crippen molar-refractivity contribution in [3.63, 3.8) is 0 Å². The summed E-state index contributed by atoms with van der Waals surface area (Å²) in [5.41, 5.74) is 0.715. The second-order valence-corrected chi connectivity index (χ2v) is 7.45. The number of nitrogens with one attached hydrogen (secondary N) is 2. The van der Waals surface area contributed by atoms with E-state index < -0.39 is 10.0 Å². The number of sulfonamides is 1. The fourth-order valence-electron chi connectivity index (χ4n) is 3.27. The normalized spacial score (nSPS) is 29.4. The molecule has 2 saturated heterocycles. The van der Waals surface area contributed by atoms with Gasteiger partial charge in [0.2, 0.25) is 10.0 Å². The topological polar surface area (TPSA) is 61.4 Å². The fourth-order valence-corrected chi connectivity index (χ4v) is 4.17. The predicted molar refractivity (Wildman–Crippen MR) is 79.3 cm³/mol. The number of piperidine rings is 1. The molecule has 2 aliphatic heterocycles. The van der Waals surface area contributed by atoms with Crippen molar-refractivity contribution in [2.75, 3.05) is 32.0 Å². The highest BCUT2D eigenvalue weighted by atomic mass is 32.2. The maximum Gasteiger partial charge on any atom is 0.242 e. The van der Waals surface area contributed by atoms with Gasteiger partial charge in [-0.15, -0.1) is 0 Å². The van der Waals surface area contributed by atoms with E-state index in [9.17, 15) is 8.42 Å². The summed E-state index contributed by atoms with van der Waals surface area (Å²) < 4.78 is 26.5. The van der Waals surface area contributed by atoms with Gasteiger partial charge >= 0.3 is 0 Å². The van der Waals surface area contributed by atoms with E-state index in [4.69, 9.17) is 0 Å². The molecule has 3 atom stereocenters. The zero-order chi connectivity index (χ0) is 14.2. The lowest BCUT2D eigenvalue weighted by molar-refractivity contribution is 0.255. The highest BCUT2D eigenvalue weighted by molar-refractivity contribution is 7.89. The standard InChI is InChI=1S/C14H21N3O2S/c1-15-20(18,19)14-5-3-2-4-13(14)16-12-7-9-17-8-6-11(12)10-17/h2-5,11-12,15-16H,6-10H2,1H3. The summed E-state index contributed by atoms with van der Waals surface area (Å²) in [5, 5.41) is 3.47. The Morgan fingerprint density at radius 3 is 2.75 bits per heavy atom. The van der Waals surface area contributed by atoms with E-state index in [1.54, 1.807) is 12.1 Å². The number of nitrogens with zero attached hydrogens (tertiary/aromatic N) is 1. The fraction of sp³-hybridized carbons (Fsp3) is 0.571. The highest BCUT2D eigenvalue weighted by Crippen LogP contribution is 2.31. The van der Waals surface area contributed by atoms with Crippen molar-refractivity contribution in [1.29, 1.82) is 0 Å². The van der Waals surface area contributed by atoms with Crippen molar-refractivity contribution < 1.29 is 8.42 Å². The molecule has 6 heteroatoms. The Morgan fingerprint density at radius 2 is 1.95 bits per heavy atom. The van der Waals surface area contributed by atoms with Gasteiger partial charge in [0.1, 0.15) is 4.90 Å². The quantitative estimate of drug-likeness (QED) is 0.873. The lowest BCUT2D eigenvalue weighted by atomic mass is 9.94. The highest BCUT2D eigenvalue weighted by Gasteiger charge is 2.34. The van der Waals surface area contributed by atoms with Gasteiger partial charge in [0.05, 0.1) is 5.69 Å². The molecule has 2 heterocycles. The third kappa shape index (κ3) is 2.55. The molecule has 2 fully saturated rings. The van der Waals surface area contributed by atoms with Gasteiger partial charge in [-0.3, -0.25) is 0 Å². The number of hydrogen-bond donors (Lipinski definition) is 2. The molecular weight excluding hydrogens is 274 g/mol. The summed E-state index contributed by atoms with van der Waals surface area (Å²) >= 11 is 0. The van der Waals surface area contributed by atoms with Crippen molar-refractivity contribution in [1.82, 2.24) is 9.62 Å². The molecule has 0 radical (unpaired) electrons. The third-order valence-corrected chi connectivity index (χ3v) is 5.89. The van der Waals surface area contributed by atoms with Crippen molar-refractivity contribution in [2.45, 2.75) is 23.8 Å². The molecular formula is C14H21N3O2S. The van der Waals surface area contributed by atoms with Crippen molar-refractivity contribution in [3.8, 4) is 0 Å². The molecule has 0 aromatic heterocycles. The Hall–Kier alpha value is -1.11. The molecule has 0 amide bonds. The monoisotopic (exact) mass is 295 g/mol. The van der Waals surface area contributed by atoms with E-state index in [2.05, 4.69) is 14.9 Å². The van der Waals surface area contributed by atoms with Crippen LogP contribution in [0.5, 0.6) is 0 Å². The van der Waals surface area contributed by atoms with Gasteiger partial charge in [0.15, 0.2) is 0 Å². The van der Waals surface area contributed by atoms with Crippen LogP contribution in [0.4, 0.5) is 5.69 Å². The van der Waals surface area contributed by atoms with Gasteiger partial charge in [-0.25, -0.2) is 13.1 Å². The third-order valence-electron chi connectivity index (χ3n) is 4.42. The predicted octanol–water partition coefficient (Wildman–Crippen LogP) is 1.10. The second kappa shape index (κ2) is 5.35. The Bertz CT molecular complexity index is 588. The largest absolute Gasteiger partial charge is 0.381 e. The van der Waals surface area contributed by atoms with E-state index in [0.29, 0.717) is 22.5 Å². The first-order chi connectivity index (χ1) is 9.60. The summed E-state index contributed by atoms with van der Waals surface area (Å²) in [7, 11) is -1.97. The Morgan fingerprint density at radius 1 is 1.20 bits per heavy atom. The maximum absolute atomic E-state index is 12.1. The van der Waals surface area contributed by atoms with Crippen LogP contribution in [0.25, 0.3) is 0 Å². The van der Waals surface area contributed by atoms with Gasteiger partial charge < -0.3 is 10.2 Å². The molecule has 2 N–H and O–H groups in total. The maximum atomic E-state index is 12.1. The van der Waals surface area contributed by atoms with Crippen LogP contribution in [0.1, 0.15) is 12.8 Å². The van der Waals surface area contributed by atoms with Crippen LogP contribution < -0.4 is 10.0 Å². The van der Waals surface area contributed by atoms with E-state index in [1.165, 1.54) is 20.0 Å². The Balaban J connectivity index is 1.84. The van der Waals surface area contributed by atoms with Crippen LogP contribution in [0.3, 0.4) is 0 Å². The van der Waals surface area contributed by atoms with Crippen LogP contribution in [0, 0.1) is 5.92 Å². The molecule has 2 aliphatic rings. The van der Waals surface area contributed by atoms with Crippen LogP contribution in [-0.2, 0) is 10.0 Å². The molecule has 0 spiro atoms. The molecule has 0 saturated carbocycles. The van der Waals surface area contributed by atoms with E-state index in [-0.39, 0.29) is 0 Å². The molecule has 5 nitrogen and oxygen atoms in total. The number of benzene rings is 1. The summed E-state index contributed by atoms with van der Waals surface area (Å²) in [6.45, 7) is 3.42. The first-order valence-electron chi connectivity index (χ1n) is 7.11. The zero-order valence-electron chi connectivity index (χ0n) is 11.7. The molecule has 3 rings (SSSR count). The number of fused-ring (bicyclic) bond motifs is 2. The van der Waals surface area contributed by atoms with Gasteiger partial charge in [-0.1, -0.05) is 12.1 Å². The minimum atomic E-state index is -3.42. The molecule has 2 bridgehead atoms. The smallest absolute Gasteiger partial charge is 0.242 e. The van der Waals surface area contributed by atoms with Crippen LogP contribution >= 0.6 is 0 Å². The van der Waals surface area contributed by atoms with Crippen LogP contribution in [-0.4, -0.2) is 46.0 Å². The SMILES string of the molecule is CNS(=O)(=O)c1ccccc1NC1CCN2CCC1C2. The number of para-hydroxylation sites is 1. The molecule has 0 aliphatic carbocycles. The molecule has 20 heavy (non-hydrogen) atoms. The summed E-state index contributed by atoms with van der Waals surface area (Å²) in [4.78, 5) is 2.82. The summed E-state index contributed by atoms with van der Waals surface area (Å²) in [6.07, 6.45) is 2.29.